The first-order valence-electron chi connectivity index (χ1n) is 24.6. The van der Waals surface area contributed by atoms with E-state index in [0.29, 0.717) is 24.7 Å². The number of hydrogen-bond acceptors (Lipinski definition) is 17. The summed E-state index contributed by atoms with van der Waals surface area (Å²) in [6.45, 7) is 20.2. The van der Waals surface area contributed by atoms with Crippen LogP contribution in [0.25, 0.3) is 0 Å². The molecule has 9 rings (SSSR count). The Morgan fingerprint density at radius 1 is 0.600 bits per heavy atom. The normalized spacial score (nSPS) is 58.7. The van der Waals surface area contributed by atoms with Crippen molar-refractivity contribution in [1.82, 2.24) is 0 Å². The lowest BCUT2D eigenvalue weighted by Gasteiger charge is -2.71. The van der Waals surface area contributed by atoms with Crippen molar-refractivity contribution < 1.29 is 83.9 Å². The van der Waals surface area contributed by atoms with Crippen molar-refractivity contribution in [2.75, 3.05) is 6.61 Å². The zero-order chi connectivity index (χ0) is 47.4. The Morgan fingerprint density at radius 3 is 1.77 bits per heavy atom. The average Bonchev–Trinajstić information content (AvgIpc) is 3.76. The van der Waals surface area contributed by atoms with Crippen molar-refractivity contribution >= 4 is 0 Å². The molecule has 5 saturated heterocycles. The fraction of sp³-hybridized carbons (Fsp3) is 1.00. The summed E-state index contributed by atoms with van der Waals surface area (Å²) in [5.74, 6) is -0.00752. The van der Waals surface area contributed by atoms with Gasteiger partial charge in [0.25, 0.3) is 0 Å². The van der Waals surface area contributed by atoms with Crippen LogP contribution in [0.5, 0.6) is 0 Å². The van der Waals surface area contributed by atoms with Crippen LogP contribution < -0.4 is 0 Å². The summed E-state index contributed by atoms with van der Waals surface area (Å²) < 4.78 is 52.0. The molecule has 17 nitrogen and oxygen atoms in total. The van der Waals surface area contributed by atoms with Crippen LogP contribution >= 0.6 is 0 Å². The molecule has 9 aliphatic rings. The second kappa shape index (κ2) is 16.4. The summed E-state index contributed by atoms with van der Waals surface area (Å²) in [6, 6.07) is 0. The second-order valence-electron chi connectivity index (χ2n) is 24.0. The summed E-state index contributed by atoms with van der Waals surface area (Å²) in [6.07, 6.45) is -14.7. The molecule has 0 aromatic rings. The second-order valence-corrected chi connectivity index (χ2v) is 24.0. The number of fused-ring (bicyclic) bond motifs is 7. The molecule has 26 unspecified atom stereocenters. The summed E-state index contributed by atoms with van der Waals surface area (Å²) in [5, 5.41) is 98.5. The van der Waals surface area contributed by atoms with Gasteiger partial charge >= 0.3 is 0 Å². The maximum atomic E-state index is 11.7. The standard InChI is InChI=1S/C48H80O17/c1-21-30(50)33(53)35(55)39(58-21)62-37-32(52)25(20-49)60-41(38(37)63-40-36(56)34(54)31(51)22(2)59-40)61-28-13-14-44(7)26(42(28,3)4)12-16-45(8)27(44)19-24-29-23(11-15-46(29,45)9)47(10)17-18-48(64-24,65-47)43(5,6)57/h21-41,49-57H,11-20H2,1-10H3. The molecule has 5 aliphatic heterocycles. The van der Waals surface area contributed by atoms with E-state index in [2.05, 4.69) is 41.5 Å². The van der Waals surface area contributed by atoms with E-state index in [0.717, 1.165) is 44.9 Å². The van der Waals surface area contributed by atoms with Crippen molar-refractivity contribution in [3.63, 3.8) is 0 Å². The van der Waals surface area contributed by atoms with Gasteiger partial charge in [-0.2, -0.15) is 0 Å². The highest BCUT2D eigenvalue weighted by atomic mass is 16.8. The minimum absolute atomic E-state index is 0.00653. The van der Waals surface area contributed by atoms with Gasteiger partial charge in [0.15, 0.2) is 24.7 Å². The molecule has 4 aliphatic carbocycles. The van der Waals surface area contributed by atoms with Crippen molar-refractivity contribution in [2.24, 2.45) is 45.3 Å². The van der Waals surface area contributed by atoms with Crippen molar-refractivity contribution in [1.29, 1.82) is 0 Å². The molecule has 0 aromatic heterocycles. The van der Waals surface area contributed by atoms with Gasteiger partial charge in [-0.1, -0.05) is 34.6 Å². The summed E-state index contributed by atoms with van der Waals surface area (Å²) in [5.41, 5.74) is -2.21. The number of rotatable bonds is 8. The summed E-state index contributed by atoms with van der Waals surface area (Å²) >= 11 is 0. The first-order chi connectivity index (χ1) is 30.2. The predicted octanol–water partition coefficient (Wildman–Crippen LogP) is 1.61. The fourth-order valence-electron chi connectivity index (χ4n) is 16.0. The molecule has 0 spiro atoms. The molecular formula is C48H80O17. The number of hydrogen-bond donors (Lipinski definition) is 9. The SMILES string of the molecule is CC1OC(OC2C(OC3CCC4(C)C(CCC5(C)C4CC4OC6(C(C)(C)O)CCC(C)(O6)C6CCC5(C)C46)C3(C)C)OC(CO)C(O)C2OC2OC(C)C(O)C(O)C2O)C(O)C(O)C1O. The molecule has 0 aromatic carbocycles. The molecule has 5 heterocycles. The Balaban J connectivity index is 1.02. The fourth-order valence-corrected chi connectivity index (χ4v) is 16.0. The monoisotopic (exact) mass is 929 g/mol. The maximum absolute atomic E-state index is 11.7. The van der Waals surface area contributed by atoms with Gasteiger partial charge in [-0.15, -0.1) is 0 Å². The summed E-state index contributed by atoms with van der Waals surface area (Å²) in [7, 11) is 0. The Morgan fingerprint density at radius 2 is 1.18 bits per heavy atom. The predicted molar refractivity (Wildman–Crippen MR) is 228 cm³/mol. The van der Waals surface area contributed by atoms with Gasteiger partial charge in [0.1, 0.15) is 66.6 Å². The largest absolute Gasteiger partial charge is 0.394 e. The van der Waals surface area contributed by atoms with Gasteiger partial charge in [0.2, 0.25) is 0 Å². The molecule has 4 saturated carbocycles. The van der Waals surface area contributed by atoms with Gasteiger partial charge in [-0.05, 0) is 131 Å². The molecule has 2 bridgehead atoms. The lowest BCUT2D eigenvalue weighted by molar-refractivity contribution is -0.398. The Kier molecular flexibility index (Phi) is 12.5. The van der Waals surface area contributed by atoms with E-state index in [1.54, 1.807) is 0 Å². The Labute approximate surface area is 383 Å². The van der Waals surface area contributed by atoms with Crippen LogP contribution in [0, 0.1) is 45.3 Å². The Hall–Kier alpha value is -0.680. The third kappa shape index (κ3) is 7.24. The minimum Gasteiger partial charge on any atom is -0.394 e. The molecule has 9 N–H and O–H groups in total. The van der Waals surface area contributed by atoms with E-state index in [4.69, 9.17) is 37.9 Å². The van der Waals surface area contributed by atoms with Crippen LogP contribution in [0.2, 0.25) is 0 Å². The van der Waals surface area contributed by atoms with E-state index in [-0.39, 0.29) is 39.8 Å². The molecule has 17 heteroatoms. The lowest BCUT2D eigenvalue weighted by atomic mass is 9.35. The highest BCUT2D eigenvalue weighted by Gasteiger charge is 2.75. The van der Waals surface area contributed by atoms with Crippen LogP contribution in [0.4, 0.5) is 0 Å². The highest BCUT2D eigenvalue weighted by molar-refractivity contribution is 5.22. The molecule has 0 amide bonds. The molecular weight excluding hydrogens is 849 g/mol. The van der Waals surface area contributed by atoms with Crippen molar-refractivity contribution in [3.8, 4) is 0 Å². The van der Waals surface area contributed by atoms with Gasteiger partial charge in [0.05, 0.1) is 36.6 Å². The molecule has 9 fully saturated rings. The van der Waals surface area contributed by atoms with E-state index < -0.39 is 122 Å². The van der Waals surface area contributed by atoms with E-state index in [9.17, 15) is 46.0 Å². The van der Waals surface area contributed by atoms with Crippen LogP contribution in [0.15, 0.2) is 0 Å². The molecule has 0 radical (unpaired) electrons. The molecule has 374 valence electrons. The molecule has 26 atom stereocenters. The smallest absolute Gasteiger partial charge is 0.197 e. The van der Waals surface area contributed by atoms with Gasteiger partial charge in [-0.3, -0.25) is 0 Å². The van der Waals surface area contributed by atoms with Gasteiger partial charge in [0, 0.05) is 6.42 Å². The highest BCUT2D eigenvalue weighted by Crippen LogP contribution is 2.78. The van der Waals surface area contributed by atoms with Crippen LogP contribution in [0.1, 0.15) is 127 Å². The van der Waals surface area contributed by atoms with Crippen LogP contribution in [0.3, 0.4) is 0 Å². The van der Waals surface area contributed by atoms with Crippen molar-refractivity contribution in [2.45, 2.75) is 248 Å². The quantitative estimate of drug-likeness (QED) is 0.157. The Bertz CT molecular complexity index is 1750. The van der Waals surface area contributed by atoms with Crippen molar-refractivity contribution in [3.05, 3.63) is 0 Å². The number of ether oxygens (including phenoxy) is 8. The van der Waals surface area contributed by atoms with Crippen LogP contribution in [-0.2, 0) is 37.9 Å². The zero-order valence-corrected chi connectivity index (χ0v) is 40.0. The average molecular weight is 929 g/mol. The number of aliphatic hydroxyl groups excluding tert-OH is 8. The zero-order valence-electron chi connectivity index (χ0n) is 40.0. The summed E-state index contributed by atoms with van der Waals surface area (Å²) in [4.78, 5) is 0. The third-order valence-electron chi connectivity index (χ3n) is 20.0. The lowest BCUT2D eigenvalue weighted by Crippen LogP contribution is -2.68. The third-order valence-corrected chi connectivity index (χ3v) is 20.0. The van der Waals surface area contributed by atoms with E-state index in [1.807, 2.05) is 13.8 Å². The maximum Gasteiger partial charge on any atom is 0.197 e. The number of aliphatic hydroxyl groups is 9. The van der Waals surface area contributed by atoms with E-state index >= 15 is 0 Å². The first kappa shape index (κ1) is 49.3. The van der Waals surface area contributed by atoms with Gasteiger partial charge in [-0.25, -0.2) is 0 Å². The molecule has 65 heavy (non-hydrogen) atoms. The minimum atomic E-state index is -1.76. The first-order valence-corrected chi connectivity index (χ1v) is 24.6. The van der Waals surface area contributed by atoms with Crippen LogP contribution in [-0.4, -0.2) is 174 Å². The van der Waals surface area contributed by atoms with Gasteiger partial charge < -0.3 is 83.9 Å². The topological polar surface area (TPSA) is 256 Å². The van der Waals surface area contributed by atoms with E-state index in [1.165, 1.54) is 13.8 Å².